The van der Waals surface area contributed by atoms with Crippen LogP contribution >= 0.6 is 11.6 Å². The molecule has 1 fully saturated rings. The van der Waals surface area contributed by atoms with Gasteiger partial charge in [-0.2, -0.15) is 13.2 Å². The van der Waals surface area contributed by atoms with Crippen LogP contribution in [0.25, 0.3) is 11.4 Å². The van der Waals surface area contributed by atoms with Gasteiger partial charge in [-0.15, -0.1) is 0 Å². The normalized spacial score (nSPS) is 17.3. The molecule has 0 aliphatic heterocycles. The summed E-state index contributed by atoms with van der Waals surface area (Å²) in [5.74, 6) is -4.08. The largest absolute Gasteiger partial charge is 0.417 e. The molecule has 0 atom stereocenters. The molecule has 0 unspecified atom stereocenters. The summed E-state index contributed by atoms with van der Waals surface area (Å²) in [4.78, 5) is 29.4. The number of H-pyrrole nitrogens is 1. The van der Waals surface area contributed by atoms with E-state index in [1.165, 1.54) is 12.1 Å². The van der Waals surface area contributed by atoms with E-state index >= 15 is 4.39 Å². The molecule has 1 amide bonds. The quantitative estimate of drug-likeness (QED) is 0.325. The number of aromatic nitrogens is 2. The first-order chi connectivity index (χ1) is 18.3. The highest BCUT2D eigenvalue weighted by Gasteiger charge is 2.38. The summed E-state index contributed by atoms with van der Waals surface area (Å²) >= 11 is 5.70. The van der Waals surface area contributed by atoms with Gasteiger partial charge in [0.15, 0.2) is 0 Å². The maximum Gasteiger partial charge on any atom is 0.417 e. The average Bonchev–Trinajstić information content (AvgIpc) is 2.82. The second-order valence-electron chi connectivity index (χ2n) is 8.83. The summed E-state index contributed by atoms with van der Waals surface area (Å²) in [7, 11) is 0. The minimum absolute atomic E-state index is 0.0373. The van der Waals surface area contributed by atoms with Gasteiger partial charge < -0.3 is 15.0 Å². The molecule has 0 radical (unpaired) electrons. The van der Waals surface area contributed by atoms with E-state index in [2.05, 4.69) is 10.3 Å². The number of halogens is 8. The van der Waals surface area contributed by atoms with E-state index in [4.69, 9.17) is 16.3 Å². The number of aromatic amines is 1. The number of rotatable bonds is 8. The maximum absolute atomic E-state index is 15.3. The van der Waals surface area contributed by atoms with E-state index in [-0.39, 0.29) is 41.7 Å². The van der Waals surface area contributed by atoms with Gasteiger partial charge >= 0.3 is 6.18 Å². The monoisotopic (exact) mass is 577 g/mol. The third-order valence-electron chi connectivity index (χ3n) is 6.16. The smallest absolute Gasteiger partial charge is 0.373 e. The Kier molecular flexibility index (Phi) is 8.31. The van der Waals surface area contributed by atoms with Gasteiger partial charge in [0.2, 0.25) is 5.91 Å². The third-order valence-corrected chi connectivity index (χ3v) is 6.39. The van der Waals surface area contributed by atoms with Crippen LogP contribution in [-0.2, 0) is 28.9 Å². The molecule has 0 bridgehead atoms. The van der Waals surface area contributed by atoms with Crippen LogP contribution in [0.2, 0.25) is 5.02 Å². The van der Waals surface area contributed by atoms with Crippen molar-refractivity contribution in [2.24, 2.45) is 5.92 Å². The van der Waals surface area contributed by atoms with Crippen LogP contribution in [0.3, 0.4) is 0 Å². The van der Waals surface area contributed by atoms with Gasteiger partial charge in [0.05, 0.1) is 23.8 Å². The van der Waals surface area contributed by atoms with E-state index in [1.807, 2.05) is 4.98 Å². The van der Waals surface area contributed by atoms with Crippen molar-refractivity contribution in [3.63, 3.8) is 0 Å². The van der Waals surface area contributed by atoms with Crippen LogP contribution < -0.4 is 10.9 Å². The zero-order valence-corrected chi connectivity index (χ0v) is 20.5. The first kappa shape index (κ1) is 28.6. The summed E-state index contributed by atoms with van der Waals surface area (Å²) in [6.07, 6.45) is -8.16. The number of carbonyl (C=O) groups is 1. The van der Waals surface area contributed by atoms with Gasteiger partial charge in [-0.3, -0.25) is 9.59 Å². The maximum atomic E-state index is 15.3. The Balaban J connectivity index is 1.43. The number of amides is 1. The van der Waals surface area contributed by atoms with Crippen molar-refractivity contribution in [3.05, 3.63) is 85.8 Å². The second-order valence-corrected chi connectivity index (χ2v) is 9.27. The second kappa shape index (κ2) is 11.3. The highest BCUT2D eigenvalue weighted by Crippen LogP contribution is 2.39. The fourth-order valence-corrected chi connectivity index (χ4v) is 4.18. The van der Waals surface area contributed by atoms with Gasteiger partial charge in [-0.05, 0) is 31.0 Å². The molecule has 1 aliphatic rings. The highest BCUT2D eigenvalue weighted by molar-refractivity contribution is 6.30. The van der Waals surface area contributed by atoms with Gasteiger partial charge in [-0.25, -0.2) is 22.5 Å². The molecule has 6 nitrogen and oxygen atoms in total. The Morgan fingerprint density at radius 3 is 2.46 bits per heavy atom. The van der Waals surface area contributed by atoms with Crippen molar-refractivity contribution in [2.45, 2.75) is 44.7 Å². The third kappa shape index (κ3) is 6.59. The number of nitrogens with one attached hydrogen (secondary N) is 2. The molecular weight excluding hydrogens is 559 g/mol. The lowest BCUT2D eigenvalue weighted by atomic mass is 9.81. The number of carbonyl (C=O) groups excluding carboxylic acids is 1. The van der Waals surface area contributed by atoms with Crippen molar-refractivity contribution in [1.29, 1.82) is 0 Å². The molecule has 14 heteroatoms. The highest BCUT2D eigenvalue weighted by atomic mass is 35.5. The molecule has 208 valence electrons. The minimum atomic E-state index is -5.10. The van der Waals surface area contributed by atoms with Crippen LogP contribution in [0.1, 0.15) is 41.7 Å². The summed E-state index contributed by atoms with van der Waals surface area (Å²) < 4.78 is 102. The van der Waals surface area contributed by atoms with Crippen molar-refractivity contribution in [1.82, 2.24) is 15.3 Å². The van der Waals surface area contributed by atoms with Crippen LogP contribution in [0, 0.1) is 17.6 Å². The molecule has 1 aliphatic carbocycles. The molecule has 1 heterocycles. The summed E-state index contributed by atoms with van der Waals surface area (Å²) in [5, 5.41) is 2.66. The van der Waals surface area contributed by atoms with Crippen molar-refractivity contribution in [3.8, 4) is 11.4 Å². The molecule has 0 saturated heterocycles. The van der Waals surface area contributed by atoms with Gasteiger partial charge in [0.1, 0.15) is 23.2 Å². The van der Waals surface area contributed by atoms with Crippen LogP contribution in [0.4, 0.5) is 30.7 Å². The zero-order chi connectivity index (χ0) is 28.5. The molecule has 2 aromatic carbocycles. The standard InChI is InChI=1S/C25H19ClF7N3O3/c26-14-3-1-12(17(27)7-14)10-39-15-5-13(6-15)24(38)34-9-11-2-4-16(25(31,32)33)20(21(11)28)23-35-18(22(29)30)8-19(37)36-23/h1-4,7-8,13,15,22H,5-6,9-10H2,(H,34,38)(H,35,36,37). The van der Waals surface area contributed by atoms with Crippen LogP contribution in [0.5, 0.6) is 0 Å². The lowest BCUT2D eigenvalue weighted by Gasteiger charge is -2.34. The predicted molar refractivity (Wildman–Crippen MR) is 125 cm³/mol. The van der Waals surface area contributed by atoms with E-state index in [0.29, 0.717) is 12.1 Å². The average molecular weight is 578 g/mol. The number of alkyl halides is 5. The Hall–Kier alpha value is -3.45. The molecule has 1 saturated carbocycles. The van der Waals surface area contributed by atoms with Crippen molar-refractivity contribution < 1.29 is 40.3 Å². The number of nitrogens with zero attached hydrogens (tertiary/aromatic N) is 1. The number of ether oxygens (including phenoxy) is 1. The Labute approximate surface area is 221 Å². The first-order valence-electron chi connectivity index (χ1n) is 11.4. The Bertz CT molecular complexity index is 1440. The Morgan fingerprint density at radius 1 is 1.13 bits per heavy atom. The zero-order valence-electron chi connectivity index (χ0n) is 19.7. The minimum Gasteiger partial charge on any atom is -0.373 e. The van der Waals surface area contributed by atoms with E-state index in [9.17, 15) is 35.9 Å². The van der Waals surface area contributed by atoms with Crippen LogP contribution in [-0.4, -0.2) is 22.0 Å². The SMILES string of the molecule is O=C(NCc1ccc(C(F)(F)F)c(-c2nc(C(F)F)cc(=O)[nH]2)c1F)C1CC(OCc2ccc(Cl)cc2F)C1. The molecular formula is C25H19ClF7N3O3. The fourth-order valence-electron chi connectivity index (χ4n) is 4.02. The summed E-state index contributed by atoms with van der Waals surface area (Å²) in [6.45, 7) is -0.559. The molecule has 2 N–H and O–H groups in total. The summed E-state index contributed by atoms with van der Waals surface area (Å²) in [6, 6.07) is 5.83. The topological polar surface area (TPSA) is 84.1 Å². The molecule has 3 aromatic rings. The van der Waals surface area contributed by atoms with E-state index in [1.54, 1.807) is 0 Å². The summed E-state index contributed by atoms with van der Waals surface area (Å²) in [5.41, 5.74) is -5.18. The number of benzene rings is 2. The predicted octanol–water partition coefficient (Wildman–Crippen LogP) is 5.94. The number of hydrogen-bond acceptors (Lipinski definition) is 4. The first-order valence-corrected chi connectivity index (χ1v) is 11.8. The molecule has 0 spiro atoms. The van der Waals surface area contributed by atoms with Crippen molar-refractivity contribution in [2.75, 3.05) is 0 Å². The van der Waals surface area contributed by atoms with Crippen LogP contribution in [0.15, 0.2) is 41.2 Å². The van der Waals surface area contributed by atoms with Gasteiger partial charge in [0, 0.05) is 34.7 Å². The lowest BCUT2D eigenvalue weighted by molar-refractivity contribution is -0.137. The Morgan fingerprint density at radius 2 is 1.82 bits per heavy atom. The number of hydrogen-bond donors (Lipinski definition) is 2. The fraction of sp³-hybridized carbons (Fsp3) is 0.320. The van der Waals surface area contributed by atoms with Gasteiger partial charge in [-0.1, -0.05) is 23.7 Å². The van der Waals surface area contributed by atoms with Crippen molar-refractivity contribution >= 4 is 17.5 Å². The van der Waals surface area contributed by atoms with E-state index in [0.717, 1.165) is 12.1 Å². The lowest BCUT2D eigenvalue weighted by Crippen LogP contribution is -2.42. The molecule has 1 aromatic heterocycles. The van der Waals surface area contributed by atoms with E-state index < -0.39 is 70.8 Å². The molecule has 4 rings (SSSR count). The molecule has 39 heavy (non-hydrogen) atoms. The van der Waals surface area contributed by atoms with Gasteiger partial charge in [0.25, 0.3) is 12.0 Å².